The summed E-state index contributed by atoms with van der Waals surface area (Å²) >= 11 is 0. The van der Waals surface area contributed by atoms with E-state index in [1.807, 2.05) is 36.4 Å². The Bertz CT molecular complexity index is 733. The average Bonchev–Trinajstić information content (AvgIpc) is 2.90. The molecule has 0 amide bonds. The molecule has 0 bridgehead atoms. The van der Waals surface area contributed by atoms with Crippen LogP contribution >= 0.6 is 0 Å². The van der Waals surface area contributed by atoms with E-state index in [-0.39, 0.29) is 0 Å². The quantitative estimate of drug-likeness (QED) is 0.763. The van der Waals surface area contributed by atoms with Crippen LogP contribution in [-0.2, 0) is 13.0 Å². The van der Waals surface area contributed by atoms with Crippen LogP contribution in [0.15, 0.2) is 42.5 Å². The van der Waals surface area contributed by atoms with Gasteiger partial charge < -0.3 is 15.5 Å². The van der Waals surface area contributed by atoms with Crippen molar-refractivity contribution < 1.29 is 4.74 Å². The van der Waals surface area contributed by atoms with Gasteiger partial charge in [-0.15, -0.1) is 0 Å². The Morgan fingerprint density at radius 3 is 2.70 bits per heavy atom. The summed E-state index contributed by atoms with van der Waals surface area (Å²) in [5.74, 6) is 1.80. The number of benzene rings is 2. The fraction of sp³-hybridized carbons (Fsp3) is 0.188. The standard InChI is InChI=1S/C16H17N3O/c1-20-14-8-3-2-5-11(14)9-15-18-13-7-4-6-12(10-17)16(13)19-15/h2-8H,9-10,17H2,1H3,(H,18,19). The number of aromatic nitrogens is 2. The molecule has 1 aromatic heterocycles. The summed E-state index contributed by atoms with van der Waals surface area (Å²) in [5.41, 5.74) is 9.91. The molecule has 20 heavy (non-hydrogen) atoms. The van der Waals surface area contributed by atoms with Crippen LogP contribution in [0.4, 0.5) is 0 Å². The zero-order valence-electron chi connectivity index (χ0n) is 11.4. The molecule has 0 aliphatic carbocycles. The number of hydrogen-bond donors (Lipinski definition) is 2. The number of rotatable bonds is 4. The average molecular weight is 267 g/mol. The maximum atomic E-state index is 5.75. The largest absolute Gasteiger partial charge is 0.496 e. The van der Waals surface area contributed by atoms with Gasteiger partial charge in [0.2, 0.25) is 0 Å². The minimum Gasteiger partial charge on any atom is -0.496 e. The zero-order valence-corrected chi connectivity index (χ0v) is 11.4. The first kappa shape index (κ1) is 12.7. The number of imidazole rings is 1. The summed E-state index contributed by atoms with van der Waals surface area (Å²) in [6.07, 6.45) is 0.711. The van der Waals surface area contributed by atoms with Crippen molar-refractivity contribution in [3.8, 4) is 5.75 Å². The molecule has 1 heterocycles. The number of aromatic amines is 1. The zero-order chi connectivity index (χ0) is 13.9. The lowest BCUT2D eigenvalue weighted by Gasteiger charge is -2.05. The van der Waals surface area contributed by atoms with Crippen molar-refractivity contribution >= 4 is 11.0 Å². The van der Waals surface area contributed by atoms with Gasteiger partial charge in [-0.25, -0.2) is 4.98 Å². The van der Waals surface area contributed by atoms with Crippen LogP contribution in [0.25, 0.3) is 11.0 Å². The molecule has 0 fully saturated rings. The van der Waals surface area contributed by atoms with E-state index in [0.717, 1.165) is 33.7 Å². The lowest BCUT2D eigenvalue weighted by molar-refractivity contribution is 0.410. The molecule has 3 aromatic rings. The molecule has 3 N–H and O–H groups in total. The highest BCUT2D eigenvalue weighted by atomic mass is 16.5. The van der Waals surface area contributed by atoms with E-state index in [1.165, 1.54) is 0 Å². The van der Waals surface area contributed by atoms with E-state index in [4.69, 9.17) is 10.5 Å². The third kappa shape index (κ3) is 2.26. The van der Waals surface area contributed by atoms with Crippen molar-refractivity contribution in [2.24, 2.45) is 5.73 Å². The Hall–Kier alpha value is -2.33. The highest BCUT2D eigenvalue weighted by molar-refractivity contribution is 5.78. The summed E-state index contributed by atoms with van der Waals surface area (Å²) in [5, 5.41) is 0. The Kier molecular flexibility index (Phi) is 3.39. The number of methoxy groups -OCH3 is 1. The smallest absolute Gasteiger partial charge is 0.122 e. The second-order valence-electron chi connectivity index (χ2n) is 4.69. The number of hydrogen-bond acceptors (Lipinski definition) is 3. The number of nitrogens with one attached hydrogen (secondary N) is 1. The van der Waals surface area contributed by atoms with E-state index < -0.39 is 0 Å². The van der Waals surface area contributed by atoms with Gasteiger partial charge in [0, 0.05) is 18.5 Å². The molecule has 0 radical (unpaired) electrons. The molecule has 3 rings (SSSR count). The highest BCUT2D eigenvalue weighted by Gasteiger charge is 2.09. The van der Waals surface area contributed by atoms with Crippen molar-refractivity contribution in [3.63, 3.8) is 0 Å². The fourth-order valence-electron chi connectivity index (χ4n) is 2.42. The van der Waals surface area contributed by atoms with Crippen molar-refractivity contribution in [1.29, 1.82) is 0 Å². The summed E-state index contributed by atoms with van der Waals surface area (Å²) in [6.45, 7) is 0.496. The molecule has 102 valence electrons. The Balaban J connectivity index is 1.99. The van der Waals surface area contributed by atoms with Crippen LogP contribution < -0.4 is 10.5 Å². The predicted molar refractivity (Wildman–Crippen MR) is 79.8 cm³/mol. The van der Waals surface area contributed by atoms with Crippen LogP contribution in [0, 0.1) is 0 Å². The minimum absolute atomic E-state index is 0.496. The maximum absolute atomic E-state index is 5.75. The molecule has 0 aliphatic rings. The molecule has 2 aromatic carbocycles. The Morgan fingerprint density at radius 2 is 1.90 bits per heavy atom. The minimum atomic E-state index is 0.496. The fourth-order valence-corrected chi connectivity index (χ4v) is 2.42. The molecule has 0 saturated heterocycles. The van der Waals surface area contributed by atoms with Gasteiger partial charge in [-0.3, -0.25) is 0 Å². The molecule has 0 saturated carbocycles. The summed E-state index contributed by atoms with van der Waals surface area (Å²) in [4.78, 5) is 8.01. The van der Waals surface area contributed by atoms with Gasteiger partial charge >= 0.3 is 0 Å². The molecular weight excluding hydrogens is 250 g/mol. The number of H-pyrrole nitrogens is 1. The predicted octanol–water partition coefficient (Wildman–Crippen LogP) is 2.62. The van der Waals surface area contributed by atoms with E-state index in [9.17, 15) is 0 Å². The van der Waals surface area contributed by atoms with Crippen LogP contribution in [-0.4, -0.2) is 17.1 Å². The maximum Gasteiger partial charge on any atom is 0.122 e. The first-order valence-corrected chi connectivity index (χ1v) is 6.60. The lowest BCUT2D eigenvalue weighted by Crippen LogP contribution is -1.97. The monoisotopic (exact) mass is 267 g/mol. The number of fused-ring (bicyclic) bond motifs is 1. The molecular formula is C16H17N3O. The van der Waals surface area contributed by atoms with Gasteiger partial charge in [0.1, 0.15) is 11.6 Å². The molecule has 4 nitrogen and oxygen atoms in total. The van der Waals surface area contributed by atoms with Crippen molar-refractivity contribution in [3.05, 3.63) is 59.4 Å². The van der Waals surface area contributed by atoms with E-state index in [1.54, 1.807) is 7.11 Å². The van der Waals surface area contributed by atoms with Crippen LogP contribution in [0.2, 0.25) is 0 Å². The van der Waals surface area contributed by atoms with Crippen LogP contribution in [0.3, 0.4) is 0 Å². The van der Waals surface area contributed by atoms with Crippen LogP contribution in [0.1, 0.15) is 17.0 Å². The molecule has 0 spiro atoms. The number of nitrogens with zero attached hydrogens (tertiary/aromatic N) is 1. The van der Waals surface area contributed by atoms with Gasteiger partial charge in [0.15, 0.2) is 0 Å². The van der Waals surface area contributed by atoms with E-state index >= 15 is 0 Å². The highest BCUT2D eigenvalue weighted by Crippen LogP contribution is 2.22. The van der Waals surface area contributed by atoms with Crippen LogP contribution in [0.5, 0.6) is 5.75 Å². The number of nitrogens with two attached hydrogens (primary N) is 1. The van der Waals surface area contributed by atoms with Crippen molar-refractivity contribution in [1.82, 2.24) is 9.97 Å². The molecule has 0 aliphatic heterocycles. The number of ether oxygens (including phenoxy) is 1. The van der Waals surface area contributed by atoms with E-state index in [2.05, 4.69) is 16.0 Å². The normalized spacial score (nSPS) is 10.9. The second-order valence-corrected chi connectivity index (χ2v) is 4.69. The summed E-state index contributed by atoms with van der Waals surface area (Å²) in [7, 11) is 1.68. The second kappa shape index (κ2) is 5.35. The van der Waals surface area contributed by atoms with Gasteiger partial charge in [0.25, 0.3) is 0 Å². The third-order valence-corrected chi connectivity index (χ3v) is 3.42. The van der Waals surface area contributed by atoms with E-state index in [0.29, 0.717) is 13.0 Å². The summed E-state index contributed by atoms with van der Waals surface area (Å²) < 4.78 is 5.37. The molecule has 0 unspecified atom stereocenters. The Morgan fingerprint density at radius 1 is 1.10 bits per heavy atom. The van der Waals surface area contributed by atoms with Gasteiger partial charge in [-0.2, -0.15) is 0 Å². The van der Waals surface area contributed by atoms with Crippen molar-refractivity contribution in [2.45, 2.75) is 13.0 Å². The Labute approximate surface area is 117 Å². The van der Waals surface area contributed by atoms with Gasteiger partial charge in [-0.1, -0.05) is 30.3 Å². The first-order chi connectivity index (χ1) is 9.81. The third-order valence-electron chi connectivity index (χ3n) is 3.42. The SMILES string of the molecule is COc1ccccc1Cc1nc2c(CN)cccc2[nH]1. The summed E-state index contributed by atoms with van der Waals surface area (Å²) in [6, 6.07) is 14.0. The molecule has 0 atom stereocenters. The van der Waals surface area contributed by atoms with Gasteiger partial charge in [0.05, 0.1) is 18.1 Å². The van der Waals surface area contributed by atoms with Crippen molar-refractivity contribution in [2.75, 3.05) is 7.11 Å². The topological polar surface area (TPSA) is 63.9 Å². The molecule has 4 heteroatoms. The number of para-hydroxylation sites is 2. The van der Waals surface area contributed by atoms with Gasteiger partial charge in [-0.05, 0) is 17.7 Å². The first-order valence-electron chi connectivity index (χ1n) is 6.60. The lowest BCUT2D eigenvalue weighted by atomic mass is 10.1.